The second-order valence-electron chi connectivity index (χ2n) is 5.85. The summed E-state index contributed by atoms with van der Waals surface area (Å²) < 4.78 is 3.22. The lowest BCUT2D eigenvalue weighted by molar-refractivity contribution is 0.588. The van der Waals surface area contributed by atoms with Crippen LogP contribution in [0.5, 0.6) is 0 Å². The highest BCUT2D eigenvalue weighted by atomic mass is 79.9. The van der Waals surface area contributed by atoms with Gasteiger partial charge in [0.25, 0.3) is 0 Å². The fourth-order valence-corrected chi connectivity index (χ4v) is 3.17. The molecule has 0 bridgehead atoms. The van der Waals surface area contributed by atoms with Crippen LogP contribution in [-0.4, -0.2) is 9.55 Å². The normalized spacial score (nSPS) is 11.3. The number of aryl methyl sites for hydroxylation is 1. The van der Waals surface area contributed by atoms with Gasteiger partial charge < -0.3 is 10.3 Å². The molecule has 0 unspecified atom stereocenters. The van der Waals surface area contributed by atoms with Crippen molar-refractivity contribution in [3.05, 3.63) is 34.1 Å². The van der Waals surface area contributed by atoms with Gasteiger partial charge in [-0.1, -0.05) is 55.3 Å². The van der Waals surface area contributed by atoms with E-state index < -0.39 is 0 Å². The fraction of sp³-hybridized carbons (Fsp3) is 0.471. The Morgan fingerprint density at radius 3 is 2.62 bits per heavy atom. The van der Waals surface area contributed by atoms with Crippen molar-refractivity contribution in [3.8, 4) is 11.3 Å². The van der Waals surface area contributed by atoms with Gasteiger partial charge in [0, 0.05) is 22.5 Å². The summed E-state index contributed by atoms with van der Waals surface area (Å²) in [5, 5.41) is 0. The number of nitrogens with zero attached hydrogens (tertiary/aromatic N) is 2. The molecule has 0 amide bonds. The van der Waals surface area contributed by atoms with Crippen molar-refractivity contribution in [1.29, 1.82) is 0 Å². The van der Waals surface area contributed by atoms with E-state index in [0.29, 0.717) is 5.92 Å². The van der Waals surface area contributed by atoms with Crippen molar-refractivity contribution < 1.29 is 0 Å². The molecule has 3 nitrogen and oxygen atoms in total. The van der Waals surface area contributed by atoms with Crippen molar-refractivity contribution in [2.75, 3.05) is 5.73 Å². The summed E-state index contributed by atoms with van der Waals surface area (Å²) in [7, 11) is 0. The average molecular weight is 350 g/mol. The third kappa shape index (κ3) is 3.31. The Labute approximate surface area is 135 Å². The highest BCUT2D eigenvalue weighted by Crippen LogP contribution is 2.34. The van der Waals surface area contributed by atoms with Gasteiger partial charge in [-0.15, -0.1) is 0 Å². The minimum atomic E-state index is 0.363. The fourth-order valence-electron chi connectivity index (χ4n) is 2.49. The lowest BCUT2D eigenvalue weighted by Crippen LogP contribution is -2.08. The topological polar surface area (TPSA) is 43.8 Å². The maximum Gasteiger partial charge on any atom is 0.131 e. The average Bonchev–Trinajstić information content (AvgIpc) is 2.74. The molecule has 0 radical (unpaired) electrons. The molecule has 114 valence electrons. The molecular formula is C17H24BrN3. The second-order valence-corrected chi connectivity index (χ2v) is 6.70. The summed E-state index contributed by atoms with van der Waals surface area (Å²) in [5.41, 5.74) is 9.58. The van der Waals surface area contributed by atoms with Crippen LogP contribution in [0.2, 0.25) is 0 Å². The maximum absolute atomic E-state index is 6.40. The lowest BCUT2D eigenvalue weighted by atomic mass is 10.1. The number of benzene rings is 1. The van der Waals surface area contributed by atoms with E-state index in [9.17, 15) is 0 Å². The first kappa shape index (κ1) is 16.1. The van der Waals surface area contributed by atoms with Crippen LogP contribution < -0.4 is 5.73 Å². The van der Waals surface area contributed by atoms with E-state index in [4.69, 9.17) is 10.7 Å². The molecular weight excluding hydrogens is 326 g/mol. The van der Waals surface area contributed by atoms with E-state index in [-0.39, 0.29) is 0 Å². The van der Waals surface area contributed by atoms with Crippen LogP contribution in [0.15, 0.2) is 22.7 Å². The molecule has 1 aromatic carbocycles. The molecule has 0 aliphatic rings. The van der Waals surface area contributed by atoms with Crippen LogP contribution in [0.1, 0.15) is 50.9 Å². The monoisotopic (exact) mass is 349 g/mol. The zero-order valence-corrected chi connectivity index (χ0v) is 14.9. The molecule has 1 heterocycles. The van der Waals surface area contributed by atoms with Gasteiger partial charge in [-0.05, 0) is 25.0 Å². The smallest absolute Gasteiger partial charge is 0.131 e. The van der Waals surface area contributed by atoms with Crippen LogP contribution in [0.3, 0.4) is 0 Å². The number of anilines is 1. The molecule has 0 spiro atoms. The molecule has 21 heavy (non-hydrogen) atoms. The summed E-state index contributed by atoms with van der Waals surface area (Å²) in [6, 6.07) is 6.29. The Bertz CT molecular complexity index is 629. The molecule has 1 aromatic heterocycles. The quantitative estimate of drug-likeness (QED) is 0.813. The maximum atomic E-state index is 6.40. The molecule has 4 heteroatoms. The number of unbranched alkanes of at least 4 members (excludes halogenated alkanes) is 1. The Hall–Kier alpha value is -1.29. The summed E-state index contributed by atoms with van der Waals surface area (Å²) in [4.78, 5) is 4.83. The third-order valence-corrected chi connectivity index (χ3v) is 4.32. The van der Waals surface area contributed by atoms with Crippen molar-refractivity contribution in [2.24, 2.45) is 0 Å². The first-order valence-corrected chi connectivity index (χ1v) is 8.37. The highest BCUT2D eigenvalue weighted by molar-refractivity contribution is 9.10. The number of aromatic nitrogens is 2. The highest BCUT2D eigenvalue weighted by Gasteiger charge is 2.19. The first-order valence-electron chi connectivity index (χ1n) is 7.58. The molecule has 0 fully saturated rings. The standard InChI is InChI=1S/C17H24BrN3/c1-5-6-9-21-16(19)15(20-17(21)11(2)3)13-8-7-12(4)10-14(13)18/h7-8,10-11H,5-6,9,19H2,1-4H3. The molecule has 2 aromatic rings. The van der Waals surface area contributed by atoms with Gasteiger partial charge in [0.15, 0.2) is 0 Å². The van der Waals surface area contributed by atoms with E-state index in [1.54, 1.807) is 0 Å². The van der Waals surface area contributed by atoms with Crippen LogP contribution in [-0.2, 0) is 6.54 Å². The summed E-state index contributed by atoms with van der Waals surface area (Å²) in [6.07, 6.45) is 2.27. The van der Waals surface area contributed by atoms with Crippen molar-refractivity contribution in [1.82, 2.24) is 9.55 Å². The second kappa shape index (κ2) is 6.65. The summed E-state index contributed by atoms with van der Waals surface area (Å²) >= 11 is 3.64. The van der Waals surface area contributed by atoms with E-state index in [0.717, 1.165) is 46.8 Å². The number of nitrogens with two attached hydrogens (primary N) is 1. The van der Waals surface area contributed by atoms with Gasteiger partial charge in [-0.25, -0.2) is 4.98 Å². The molecule has 0 aliphatic carbocycles. The minimum Gasteiger partial charge on any atom is -0.383 e. The number of halogens is 1. The molecule has 0 aliphatic heterocycles. The zero-order chi connectivity index (χ0) is 15.6. The Morgan fingerprint density at radius 1 is 1.33 bits per heavy atom. The van der Waals surface area contributed by atoms with E-state index in [1.807, 2.05) is 0 Å². The Kier molecular flexibility index (Phi) is 5.09. The van der Waals surface area contributed by atoms with Crippen LogP contribution in [0.25, 0.3) is 11.3 Å². The van der Waals surface area contributed by atoms with Crippen LogP contribution in [0, 0.1) is 6.92 Å². The van der Waals surface area contributed by atoms with Gasteiger partial charge >= 0.3 is 0 Å². The predicted octanol–water partition coefficient (Wildman–Crippen LogP) is 5.13. The number of imidazole rings is 1. The van der Waals surface area contributed by atoms with Gasteiger partial charge in [-0.3, -0.25) is 0 Å². The van der Waals surface area contributed by atoms with Gasteiger partial charge in [0.1, 0.15) is 17.3 Å². The number of rotatable bonds is 5. The minimum absolute atomic E-state index is 0.363. The molecule has 0 saturated heterocycles. The van der Waals surface area contributed by atoms with Crippen molar-refractivity contribution >= 4 is 21.7 Å². The van der Waals surface area contributed by atoms with Gasteiger partial charge in [0.05, 0.1) is 0 Å². The van der Waals surface area contributed by atoms with Gasteiger partial charge in [-0.2, -0.15) is 0 Å². The Morgan fingerprint density at radius 2 is 2.05 bits per heavy atom. The summed E-state index contributed by atoms with van der Waals surface area (Å²) in [6.45, 7) is 9.54. The first-order chi connectivity index (χ1) is 9.95. The van der Waals surface area contributed by atoms with Crippen LogP contribution in [0.4, 0.5) is 5.82 Å². The number of hydrogen-bond donors (Lipinski definition) is 1. The van der Waals surface area contributed by atoms with E-state index >= 15 is 0 Å². The Balaban J connectivity index is 2.54. The largest absolute Gasteiger partial charge is 0.383 e. The van der Waals surface area contributed by atoms with Gasteiger partial charge in [0.2, 0.25) is 0 Å². The van der Waals surface area contributed by atoms with Crippen molar-refractivity contribution in [3.63, 3.8) is 0 Å². The van der Waals surface area contributed by atoms with Crippen molar-refractivity contribution in [2.45, 2.75) is 53.0 Å². The molecule has 0 atom stereocenters. The summed E-state index contributed by atoms with van der Waals surface area (Å²) in [5.74, 6) is 2.21. The predicted molar refractivity (Wildman–Crippen MR) is 93.5 cm³/mol. The zero-order valence-electron chi connectivity index (χ0n) is 13.3. The number of hydrogen-bond acceptors (Lipinski definition) is 2. The third-order valence-electron chi connectivity index (χ3n) is 3.67. The van der Waals surface area contributed by atoms with Crippen LogP contribution >= 0.6 is 15.9 Å². The SMILES string of the molecule is CCCCn1c(C(C)C)nc(-c2ccc(C)cc2Br)c1N. The molecule has 2 rings (SSSR count). The molecule has 0 saturated carbocycles. The lowest BCUT2D eigenvalue weighted by Gasteiger charge is -2.11. The number of nitrogen functional groups attached to an aromatic ring is 1. The van der Waals surface area contributed by atoms with E-state index in [1.165, 1.54) is 5.56 Å². The van der Waals surface area contributed by atoms with E-state index in [2.05, 4.69) is 66.4 Å². The molecule has 2 N–H and O–H groups in total.